The maximum Gasteiger partial charge on any atom is 0.321 e. The molecule has 6 heteroatoms. The summed E-state index contributed by atoms with van der Waals surface area (Å²) >= 11 is 0. The number of benzene rings is 2. The number of phenols is 1. The van der Waals surface area contributed by atoms with Gasteiger partial charge in [-0.3, -0.25) is 10.1 Å². The zero-order valence-electron chi connectivity index (χ0n) is 12.1. The van der Waals surface area contributed by atoms with E-state index in [-0.39, 0.29) is 17.0 Å². The molecule has 6 nitrogen and oxygen atoms in total. The third-order valence-electron chi connectivity index (χ3n) is 3.21. The molecule has 0 saturated heterocycles. The fourth-order valence-electron chi connectivity index (χ4n) is 1.94. The van der Waals surface area contributed by atoms with Crippen LogP contribution < -0.4 is 16.4 Å². The molecular formula is C16H17N3O3. The van der Waals surface area contributed by atoms with Crippen LogP contribution in [0.1, 0.15) is 21.5 Å². The summed E-state index contributed by atoms with van der Waals surface area (Å²) in [6.45, 7) is 2.24. The Morgan fingerprint density at radius 1 is 1.18 bits per heavy atom. The van der Waals surface area contributed by atoms with Gasteiger partial charge in [0.15, 0.2) is 0 Å². The van der Waals surface area contributed by atoms with Crippen LogP contribution in [0, 0.1) is 6.92 Å². The Kier molecular flexibility index (Phi) is 4.63. The molecule has 0 radical (unpaired) electrons. The number of nitrogens with one attached hydrogen (secondary N) is 2. The summed E-state index contributed by atoms with van der Waals surface area (Å²) in [5.41, 5.74) is 7.88. The number of aromatic hydroxyl groups is 1. The Balaban J connectivity index is 1.96. The maximum absolute atomic E-state index is 11.9. The van der Waals surface area contributed by atoms with Gasteiger partial charge in [0.25, 0.3) is 5.91 Å². The second-order valence-electron chi connectivity index (χ2n) is 4.83. The minimum atomic E-state index is -0.671. The van der Waals surface area contributed by atoms with E-state index < -0.39 is 11.9 Å². The van der Waals surface area contributed by atoms with E-state index in [4.69, 9.17) is 5.73 Å². The highest BCUT2D eigenvalue weighted by Crippen LogP contribution is 2.18. The Morgan fingerprint density at radius 2 is 1.91 bits per heavy atom. The van der Waals surface area contributed by atoms with E-state index in [1.165, 1.54) is 18.2 Å². The molecule has 0 aliphatic carbocycles. The molecule has 0 saturated carbocycles. The SMILES string of the molecule is Cc1ccccc1CNC(=O)NC(=O)c1cc(O)ccc1N. The van der Waals surface area contributed by atoms with E-state index in [1.54, 1.807) is 0 Å². The van der Waals surface area contributed by atoms with Gasteiger partial charge in [-0.1, -0.05) is 24.3 Å². The average Bonchev–Trinajstić information content (AvgIpc) is 2.48. The number of amides is 3. The van der Waals surface area contributed by atoms with Crippen LogP contribution in [0.15, 0.2) is 42.5 Å². The monoisotopic (exact) mass is 299 g/mol. The van der Waals surface area contributed by atoms with Crippen LogP contribution in [0.25, 0.3) is 0 Å². The molecule has 2 aromatic rings. The molecular weight excluding hydrogens is 282 g/mol. The lowest BCUT2D eigenvalue weighted by atomic mass is 10.1. The van der Waals surface area contributed by atoms with Crippen LogP contribution in [0.5, 0.6) is 5.75 Å². The van der Waals surface area contributed by atoms with Crippen LogP contribution in [0.2, 0.25) is 0 Å². The fraction of sp³-hybridized carbons (Fsp3) is 0.125. The van der Waals surface area contributed by atoms with Gasteiger partial charge in [0.05, 0.1) is 5.56 Å². The van der Waals surface area contributed by atoms with Crippen molar-refractivity contribution < 1.29 is 14.7 Å². The molecule has 5 N–H and O–H groups in total. The van der Waals surface area contributed by atoms with Gasteiger partial charge in [-0.15, -0.1) is 0 Å². The molecule has 0 aliphatic heterocycles. The number of anilines is 1. The first-order chi connectivity index (χ1) is 10.5. The first kappa shape index (κ1) is 15.4. The van der Waals surface area contributed by atoms with Gasteiger partial charge in [-0.2, -0.15) is 0 Å². The highest BCUT2D eigenvalue weighted by Gasteiger charge is 2.13. The predicted molar refractivity (Wildman–Crippen MR) is 83.4 cm³/mol. The van der Waals surface area contributed by atoms with E-state index in [2.05, 4.69) is 10.6 Å². The van der Waals surface area contributed by atoms with Gasteiger partial charge in [0.2, 0.25) is 0 Å². The summed E-state index contributed by atoms with van der Waals surface area (Å²) in [4.78, 5) is 23.7. The number of phenolic OH excluding ortho intramolecular Hbond substituents is 1. The molecule has 2 rings (SSSR count). The molecule has 0 bridgehead atoms. The Labute approximate surface area is 128 Å². The van der Waals surface area contributed by atoms with E-state index in [9.17, 15) is 14.7 Å². The van der Waals surface area contributed by atoms with Crippen LogP contribution in [-0.2, 0) is 6.54 Å². The largest absolute Gasteiger partial charge is 0.508 e. The lowest BCUT2D eigenvalue weighted by molar-refractivity contribution is 0.0964. The van der Waals surface area contributed by atoms with Crippen molar-refractivity contribution in [1.29, 1.82) is 0 Å². The fourth-order valence-corrected chi connectivity index (χ4v) is 1.94. The van der Waals surface area contributed by atoms with E-state index in [0.29, 0.717) is 6.54 Å². The second kappa shape index (κ2) is 6.62. The number of carbonyl (C=O) groups is 2. The van der Waals surface area contributed by atoms with Gasteiger partial charge in [0.1, 0.15) is 5.75 Å². The van der Waals surface area contributed by atoms with Crippen molar-refractivity contribution in [2.75, 3.05) is 5.73 Å². The van der Waals surface area contributed by atoms with Crippen molar-refractivity contribution in [3.63, 3.8) is 0 Å². The highest BCUT2D eigenvalue weighted by molar-refractivity contribution is 6.07. The second-order valence-corrected chi connectivity index (χ2v) is 4.83. The third kappa shape index (κ3) is 3.76. The highest BCUT2D eigenvalue weighted by atomic mass is 16.3. The lowest BCUT2D eigenvalue weighted by Crippen LogP contribution is -2.39. The van der Waals surface area contributed by atoms with Gasteiger partial charge in [-0.05, 0) is 36.2 Å². The summed E-state index contributed by atoms with van der Waals surface area (Å²) in [6.07, 6.45) is 0. The number of nitrogen functional groups attached to an aromatic ring is 1. The van der Waals surface area contributed by atoms with Crippen molar-refractivity contribution in [2.45, 2.75) is 13.5 Å². The van der Waals surface area contributed by atoms with Gasteiger partial charge < -0.3 is 16.2 Å². The standard InChI is InChI=1S/C16H17N3O3/c1-10-4-2-3-5-11(10)9-18-16(22)19-15(21)13-8-12(20)6-7-14(13)17/h2-8,20H,9,17H2,1H3,(H2,18,19,21,22). The molecule has 22 heavy (non-hydrogen) atoms. The Morgan fingerprint density at radius 3 is 2.64 bits per heavy atom. The van der Waals surface area contributed by atoms with Crippen LogP contribution >= 0.6 is 0 Å². The summed E-state index contributed by atoms with van der Waals surface area (Å²) in [5, 5.41) is 14.1. The molecule has 2 aromatic carbocycles. The van der Waals surface area contributed by atoms with Gasteiger partial charge in [0, 0.05) is 12.2 Å². The van der Waals surface area contributed by atoms with E-state index >= 15 is 0 Å². The number of hydrogen-bond donors (Lipinski definition) is 4. The minimum Gasteiger partial charge on any atom is -0.508 e. The molecule has 114 valence electrons. The van der Waals surface area contributed by atoms with Crippen molar-refractivity contribution >= 4 is 17.6 Å². The number of rotatable bonds is 3. The molecule has 0 atom stereocenters. The predicted octanol–water partition coefficient (Wildman–Crippen LogP) is 1.92. The number of aryl methyl sites for hydroxylation is 1. The summed E-state index contributed by atoms with van der Waals surface area (Å²) in [6, 6.07) is 11.0. The summed E-state index contributed by atoms with van der Waals surface area (Å²) in [7, 11) is 0. The maximum atomic E-state index is 11.9. The van der Waals surface area contributed by atoms with Crippen LogP contribution in [-0.4, -0.2) is 17.0 Å². The summed E-state index contributed by atoms with van der Waals surface area (Å²) < 4.78 is 0. The minimum absolute atomic E-state index is 0.0473. The Hall–Kier alpha value is -3.02. The first-order valence-corrected chi connectivity index (χ1v) is 6.69. The quantitative estimate of drug-likeness (QED) is 0.513. The zero-order chi connectivity index (χ0) is 16.1. The summed E-state index contributed by atoms with van der Waals surface area (Å²) in [5.74, 6) is -0.768. The molecule has 0 unspecified atom stereocenters. The number of nitrogens with two attached hydrogens (primary N) is 1. The molecule has 0 fully saturated rings. The lowest BCUT2D eigenvalue weighted by Gasteiger charge is -2.10. The smallest absolute Gasteiger partial charge is 0.321 e. The molecule has 0 heterocycles. The van der Waals surface area contributed by atoms with Crippen LogP contribution in [0.3, 0.4) is 0 Å². The average molecular weight is 299 g/mol. The van der Waals surface area contributed by atoms with Crippen molar-refractivity contribution in [3.8, 4) is 5.75 Å². The molecule has 0 spiro atoms. The number of imide groups is 1. The molecule has 3 amide bonds. The van der Waals surface area contributed by atoms with Crippen LogP contribution in [0.4, 0.5) is 10.5 Å². The zero-order valence-corrected chi connectivity index (χ0v) is 12.1. The van der Waals surface area contributed by atoms with Crippen molar-refractivity contribution in [3.05, 3.63) is 59.2 Å². The Bertz CT molecular complexity index is 714. The van der Waals surface area contributed by atoms with Crippen molar-refractivity contribution in [1.82, 2.24) is 10.6 Å². The topological polar surface area (TPSA) is 104 Å². The molecule has 0 aliphatic rings. The number of hydrogen-bond acceptors (Lipinski definition) is 4. The van der Waals surface area contributed by atoms with E-state index in [0.717, 1.165) is 11.1 Å². The van der Waals surface area contributed by atoms with E-state index in [1.807, 2.05) is 31.2 Å². The number of carbonyl (C=O) groups excluding carboxylic acids is 2. The normalized spacial score (nSPS) is 10.0. The van der Waals surface area contributed by atoms with Gasteiger partial charge in [-0.25, -0.2) is 4.79 Å². The first-order valence-electron chi connectivity index (χ1n) is 6.69. The molecule has 0 aromatic heterocycles. The van der Waals surface area contributed by atoms with Gasteiger partial charge >= 0.3 is 6.03 Å². The number of urea groups is 1. The van der Waals surface area contributed by atoms with Crippen molar-refractivity contribution in [2.24, 2.45) is 0 Å². The third-order valence-corrected chi connectivity index (χ3v) is 3.21.